The Kier molecular flexibility index (Phi) is 4.19. The van der Waals surface area contributed by atoms with E-state index in [9.17, 15) is 4.79 Å². The third-order valence-electron chi connectivity index (χ3n) is 6.06. The Morgan fingerprint density at radius 1 is 1.18 bits per heavy atom. The number of hydrogen-bond donors (Lipinski definition) is 0. The number of ether oxygens (including phenoxy) is 1. The van der Waals surface area contributed by atoms with Crippen LogP contribution in [-0.4, -0.2) is 40.3 Å². The van der Waals surface area contributed by atoms with Crippen LogP contribution in [0.15, 0.2) is 58.1 Å². The summed E-state index contributed by atoms with van der Waals surface area (Å²) < 4.78 is 7.65. The summed E-state index contributed by atoms with van der Waals surface area (Å²) in [5.74, 6) is 1.06. The Bertz CT molecular complexity index is 952. The highest BCUT2D eigenvalue weighted by Crippen LogP contribution is 2.50. The van der Waals surface area contributed by atoms with Gasteiger partial charge in [-0.2, -0.15) is 5.10 Å². The smallest absolute Gasteiger partial charge is 0.219 e. The van der Waals surface area contributed by atoms with Gasteiger partial charge in [-0.05, 0) is 23.8 Å². The van der Waals surface area contributed by atoms with E-state index in [0.29, 0.717) is 13.1 Å². The van der Waals surface area contributed by atoms with E-state index in [1.807, 2.05) is 17.0 Å². The van der Waals surface area contributed by atoms with Crippen LogP contribution in [-0.2, 0) is 4.79 Å². The second-order valence-electron chi connectivity index (χ2n) is 7.71. The molecule has 1 atom stereocenters. The van der Waals surface area contributed by atoms with E-state index < -0.39 is 5.72 Å². The molecular weight excluding hydrogens is 418 g/mol. The Balaban J connectivity index is 1.56. The lowest BCUT2D eigenvalue weighted by Gasteiger charge is -2.51. The number of hydrogen-bond acceptors (Lipinski definition) is 4. The van der Waals surface area contributed by atoms with Crippen molar-refractivity contribution in [1.82, 2.24) is 9.91 Å². The van der Waals surface area contributed by atoms with Crippen LogP contribution in [0.5, 0.6) is 5.75 Å². The second-order valence-corrected chi connectivity index (χ2v) is 8.63. The van der Waals surface area contributed by atoms with E-state index in [-0.39, 0.29) is 11.9 Å². The molecule has 1 saturated heterocycles. The van der Waals surface area contributed by atoms with Crippen molar-refractivity contribution in [3.63, 3.8) is 0 Å². The minimum Gasteiger partial charge on any atom is -0.466 e. The fourth-order valence-electron chi connectivity index (χ4n) is 4.56. The number of likely N-dealkylation sites (tertiary alicyclic amines) is 1. The van der Waals surface area contributed by atoms with Gasteiger partial charge in [-0.15, -0.1) is 0 Å². The van der Waals surface area contributed by atoms with Crippen molar-refractivity contribution in [1.29, 1.82) is 0 Å². The predicted molar refractivity (Wildman–Crippen MR) is 111 cm³/mol. The standard InChI is InChI=1S/C22H22BrN3O2/c1-15(27)25-11-9-22(10-12-25)26-20(18-13-17(23)7-8-21(18)28-22)14-19(24-26)16-5-3-2-4-6-16/h2-8,13,20H,9-12,14H2,1H3/t20-/m1/s1. The quantitative estimate of drug-likeness (QED) is 0.663. The van der Waals surface area contributed by atoms with Gasteiger partial charge in [-0.1, -0.05) is 46.3 Å². The van der Waals surface area contributed by atoms with Crippen molar-refractivity contribution in [3.8, 4) is 5.75 Å². The molecule has 0 saturated carbocycles. The van der Waals surface area contributed by atoms with Gasteiger partial charge in [0, 0.05) is 49.3 Å². The van der Waals surface area contributed by atoms with Crippen molar-refractivity contribution in [2.45, 2.75) is 38.0 Å². The second kappa shape index (κ2) is 6.62. The summed E-state index contributed by atoms with van der Waals surface area (Å²) in [7, 11) is 0. The summed E-state index contributed by atoms with van der Waals surface area (Å²) in [5, 5.41) is 7.24. The maximum Gasteiger partial charge on any atom is 0.219 e. The van der Waals surface area contributed by atoms with Gasteiger partial charge in [-0.25, -0.2) is 5.01 Å². The van der Waals surface area contributed by atoms with Gasteiger partial charge < -0.3 is 9.64 Å². The largest absolute Gasteiger partial charge is 0.466 e. The van der Waals surface area contributed by atoms with Crippen LogP contribution in [0.25, 0.3) is 0 Å². The first-order valence-electron chi connectivity index (χ1n) is 9.72. The van der Waals surface area contributed by atoms with E-state index in [1.165, 1.54) is 5.56 Å². The first-order chi connectivity index (χ1) is 13.6. The monoisotopic (exact) mass is 439 g/mol. The van der Waals surface area contributed by atoms with E-state index in [1.54, 1.807) is 6.92 Å². The van der Waals surface area contributed by atoms with E-state index in [0.717, 1.165) is 40.8 Å². The molecular formula is C22H22BrN3O2. The molecule has 3 heterocycles. The third kappa shape index (κ3) is 2.82. The van der Waals surface area contributed by atoms with Crippen LogP contribution in [0.2, 0.25) is 0 Å². The van der Waals surface area contributed by atoms with Gasteiger partial charge in [0.05, 0.1) is 11.8 Å². The normalized spacial score (nSPS) is 22.4. The molecule has 3 aliphatic heterocycles. The van der Waals surface area contributed by atoms with Gasteiger partial charge in [0.15, 0.2) is 0 Å². The van der Waals surface area contributed by atoms with Crippen LogP contribution in [0.4, 0.5) is 0 Å². The summed E-state index contributed by atoms with van der Waals surface area (Å²) in [6.07, 6.45) is 2.36. The Labute approximate surface area is 173 Å². The molecule has 0 aliphatic carbocycles. The van der Waals surface area contributed by atoms with Gasteiger partial charge in [0.25, 0.3) is 0 Å². The van der Waals surface area contributed by atoms with Crippen molar-refractivity contribution < 1.29 is 9.53 Å². The van der Waals surface area contributed by atoms with Gasteiger partial charge in [-0.3, -0.25) is 4.79 Å². The van der Waals surface area contributed by atoms with E-state index in [2.05, 4.69) is 57.3 Å². The van der Waals surface area contributed by atoms with E-state index in [4.69, 9.17) is 9.84 Å². The maximum absolute atomic E-state index is 11.8. The summed E-state index contributed by atoms with van der Waals surface area (Å²) in [6.45, 7) is 3.03. The molecule has 144 valence electrons. The number of rotatable bonds is 1. The molecule has 0 radical (unpaired) electrons. The summed E-state index contributed by atoms with van der Waals surface area (Å²) in [4.78, 5) is 13.7. The topological polar surface area (TPSA) is 45.1 Å². The molecule has 28 heavy (non-hydrogen) atoms. The number of carbonyl (C=O) groups is 1. The molecule has 5 nitrogen and oxygen atoms in total. The van der Waals surface area contributed by atoms with Crippen LogP contribution < -0.4 is 4.74 Å². The third-order valence-corrected chi connectivity index (χ3v) is 6.55. The highest BCUT2D eigenvalue weighted by Gasteiger charge is 2.52. The van der Waals surface area contributed by atoms with Gasteiger partial charge >= 0.3 is 0 Å². The van der Waals surface area contributed by atoms with Crippen LogP contribution in [0, 0.1) is 0 Å². The number of benzene rings is 2. The average molecular weight is 440 g/mol. The molecule has 5 rings (SSSR count). The lowest BCUT2D eigenvalue weighted by molar-refractivity contribution is -0.158. The molecule has 2 aromatic rings. The van der Waals surface area contributed by atoms with Crippen LogP contribution >= 0.6 is 15.9 Å². The fourth-order valence-corrected chi connectivity index (χ4v) is 4.94. The number of hydrazone groups is 1. The number of carbonyl (C=O) groups excluding carboxylic acids is 1. The molecule has 6 heteroatoms. The van der Waals surface area contributed by atoms with Crippen LogP contribution in [0.3, 0.4) is 0 Å². The average Bonchev–Trinajstić information content (AvgIpc) is 3.17. The van der Waals surface area contributed by atoms with Gasteiger partial charge in [0.2, 0.25) is 11.6 Å². The number of piperidine rings is 1. The molecule has 1 spiro atoms. The lowest BCUT2D eigenvalue weighted by atomic mass is 9.90. The van der Waals surface area contributed by atoms with Crippen LogP contribution in [0.1, 0.15) is 43.4 Å². The first-order valence-corrected chi connectivity index (χ1v) is 10.5. The highest BCUT2D eigenvalue weighted by atomic mass is 79.9. The number of halogens is 1. The number of fused-ring (bicyclic) bond motifs is 4. The molecule has 1 amide bonds. The summed E-state index contributed by atoms with van der Waals surface area (Å²) >= 11 is 3.60. The maximum atomic E-state index is 11.8. The number of nitrogens with zero attached hydrogens (tertiary/aromatic N) is 3. The fraction of sp³-hybridized carbons (Fsp3) is 0.364. The Morgan fingerprint density at radius 2 is 1.93 bits per heavy atom. The van der Waals surface area contributed by atoms with Crippen molar-refractivity contribution in [3.05, 3.63) is 64.1 Å². The summed E-state index contributed by atoms with van der Waals surface area (Å²) in [5.41, 5.74) is 2.93. The van der Waals surface area contributed by atoms with E-state index >= 15 is 0 Å². The van der Waals surface area contributed by atoms with Crippen molar-refractivity contribution in [2.75, 3.05) is 13.1 Å². The molecule has 0 unspecified atom stereocenters. The SMILES string of the molecule is CC(=O)N1CCC2(CC1)Oc1ccc(Br)cc1[C@H]1CC(c3ccccc3)=NN12. The first kappa shape index (κ1) is 17.7. The van der Waals surface area contributed by atoms with Gasteiger partial charge in [0.1, 0.15) is 5.75 Å². The zero-order valence-corrected chi connectivity index (χ0v) is 17.4. The summed E-state index contributed by atoms with van der Waals surface area (Å²) in [6, 6.07) is 16.7. The zero-order valence-electron chi connectivity index (χ0n) is 15.8. The van der Waals surface area contributed by atoms with Crippen molar-refractivity contribution >= 4 is 27.5 Å². The minimum absolute atomic E-state index is 0.126. The molecule has 0 N–H and O–H groups in total. The Hall–Kier alpha value is -2.34. The van der Waals surface area contributed by atoms with Crippen molar-refractivity contribution in [2.24, 2.45) is 5.10 Å². The molecule has 2 aromatic carbocycles. The number of amides is 1. The Morgan fingerprint density at radius 3 is 2.64 bits per heavy atom. The molecule has 3 aliphatic rings. The molecule has 0 bridgehead atoms. The lowest BCUT2D eigenvalue weighted by Crippen LogP contribution is -2.59. The zero-order chi connectivity index (χ0) is 19.3. The molecule has 0 aromatic heterocycles. The highest BCUT2D eigenvalue weighted by molar-refractivity contribution is 9.10. The predicted octanol–water partition coefficient (Wildman–Crippen LogP) is 4.33. The molecule has 1 fully saturated rings. The minimum atomic E-state index is -0.492.